The Morgan fingerprint density at radius 3 is 2.68 bits per heavy atom. The van der Waals surface area contributed by atoms with Crippen molar-refractivity contribution in [3.8, 4) is 0 Å². The summed E-state index contributed by atoms with van der Waals surface area (Å²) in [5, 5.41) is 2.36. The molecule has 1 saturated carbocycles. The topological polar surface area (TPSA) is 59.2 Å². The van der Waals surface area contributed by atoms with E-state index >= 15 is 0 Å². The number of hydrogen-bond acceptors (Lipinski definition) is 4. The third kappa shape index (κ3) is 4.54. The molecule has 2 N–H and O–H groups in total. The molecule has 0 aliphatic heterocycles. The van der Waals surface area contributed by atoms with E-state index in [2.05, 4.69) is 4.98 Å². The van der Waals surface area contributed by atoms with Crippen LogP contribution in [-0.4, -0.2) is 21.8 Å². The van der Waals surface area contributed by atoms with Crippen LogP contribution in [0.3, 0.4) is 0 Å². The highest BCUT2D eigenvalue weighted by atomic mass is 35.5. The minimum absolute atomic E-state index is 0. The van der Waals surface area contributed by atoms with Crippen molar-refractivity contribution in [1.82, 2.24) is 9.88 Å². The number of thiazole rings is 1. The molecule has 0 atom stereocenters. The maximum absolute atomic E-state index is 14.0. The van der Waals surface area contributed by atoms with Gasteiger partial charge >= 0.3 is 0 Å². The molecule has 0 saturated heterocycles. The van der Waals surface area contributed by atoms with E-state index in [1.165, 1.54) is 11.3 Å². The van der Waals surface area contributed by atoms with Crippen LogP contribution in [0.1, 0.15) is 46.7 Å². The van der Waals surface area contributed by atoms with E-state index in [4.69, 9.17) is 5.73 Å². The number of nitrogens with two attached hydrogens (primary N) is 1. The number of benzene rings is 1. The second-order valence-electron chi connectivity index (χ2n) is 5.94. The minimum atomic E-state index is -0.510. The summed E-state index contributed by atoms with van der Waals surface area (Å²) >= 11 is 1.33. The van der Waals surface area contributed by atoms with Crippen LogP contribution in [0.15, 0.2) is 23.6 Å². The van der Waals surface area contributed by atoms with E-state index in [0.717, 1.165) is 43.9 Å². The second kappa shape index (κ2) is 8.69. The average Bonchev–Trinajstić information content (AvgIpc) is 3.26. The fourth-order valence-electron chi connectivity index (χ4n) is 3.08. The summed E-state index contributed by atoms with van der Waals surface area (Å²) in [5.41, 5.74) is 6.06. The summed E-state index contributed by atoms with van der Waals surface area (Å²) in [6.45, 7) is 0.322. The summed E-state index contributed by atoms with van der Waals surface area (Å²) in [6, 6.07) is 3.35. The van der Waals surface area contributed by atoms with Gasteiger partial charge in [-0.2, -0.15) is 0 Å². The SMILES string of the molecule is Cl.NCc1nc(C(=O)N(Cc2cc(F)ccc2F)C2CCCC2)cs1. The molecule has 4 nitrogen and oxygen atoms in total. The Balaban J connectivity index is 0.00000225. The van der Waals surface area contributed by atoms with E-state index in [-0.39, 0.29) is 43.0 Å². The van der Waals surface area contributed by atoms with Crippen molar-refractivity contribution in [1.29, 1.82) is 0 Å². The molecule has 1 aromatic carbocycles. The molecule has 1 heterocycles. The largest absolute Gasteiger partial charge is 0.330 e. The predicted molar refractivity (Wildman–Crippen MR) is 95.7 cm³/mol. The third-order valence-electron chi connectivity index (χ3n) is 4.32. The van der Waals surface area contributed by atoms with E-state index in [9.17, 15) is 13.6 Å². The van der Waals surface area contributed by atoms with Gasteiger partial charge in [-0.1, -0.05) is 12.8 Å². The zero-order chi connectivity index (χ0) is 17.1. The van der Waals surface area contributed by atoms with Crippen molar-refractivity contribution >= 4 is 29.7 Å². The van der Waals surface area contributed by atoms with Crippen LogP contribution in [0.4, 0.5) is 8.78 Å². The summed E-state index contributed by atoms with van der Waals surface area (Å²) in [4.78, 5) is 18.7. The third-order valence-corrected chi connectivity index (χ3v) is 5.19. The van der Waals surface area contributed by atoms with Crippen molar-refractivity contribution < 1.29 is 13.6 Å². The molecular formula is C17H20ClF2N3OS. The lowest BCUT2D eigenvalue weighted by Gasteiger charge is -2.28. The smallest absolute Gasteiger partial charge is 0.273 e. The lowest BCUT2D eigenvalue weighted by molar-refractivity contribution is 0.0656. The molecule has 1 aliphatic carbocycles. The summed E-state index contributed by atoms with van der Waals surface area (Å²) in [6.07, 6.45) is 3.81. The first kappa shape index (κ1) is 19.8. The van der Waals surface area contributed by atoms with Crippen LogP contribution in [0.2, 0.25) is 0 Å². The zero-order valence-corrected chi connectivity index (χ0v) is 15.2. The number of aromatic nitrogens is 1. The number of nitrogens with zero attached hydrogens (tertiary/aromatic N) is 2. The van der Waals surface area contributed by atoms with Gasteiger partial charge in [0.1, 0.15) is 22.3 Å². The minimum Gasteiger partial charge on any atom is -0.330 e. The Kier molecular flexibility index (Phi) is 6.87. The average molecular weight is 388 g/mol. The van der Waals surface area contributed by atoms with E-state index in [1.807, 2.05) is 0 Å². The lowest BCUT2D eigenvalue weighted by Crippen LogP contribution is -2.38. The standard InChI is InChI=1S/C17H19F2N3OS.ClH/c18-12-5-6-14(19)11(7-12)9-22(13-3-1-2-4-13)17(23)15-10-24-16(8-20)21-15;/h5-7,10,13H,1-4,8-9,20H2;1H. The molecule has 1 aliphatic rings. The molecule has 0 bridgehead atoms. The van der Waals surface area contributed by atoms with Crippen LogP contribution in [0.25, 0.3) is 0 Å². The maximum atomic E-state index is 14.0. The molecule has 8 heteroatoms. The molecular weight excluding hydrogens is 368 g/mol. The molecule has 0 spiro atoms. The van der Waals surface area contributed by atoms with Crippen molar-refractivity contribution in [2.45, 2.75) is 44.8 Å². The summed E-state index contributed by atoms with van der Waals surface area (Å²) < 4.78 is 27.5. The predicted octanol–water partition coefficient (Wildman–Crippen LogP) is 3.89. The Morgan fingerprint density at radius 1 is 1.32 bits per heavy atom. The van der Waals surface area contributed by atoms with Crippen molar-refractivity contribution in [3.63, 3.8) is 0 Å². The lowest BCUT2D eigenvalue weighted by atomic mass is 10.1. The molecule has 3 rings (SSSR count). The van der Waals surface area contributed by atoms with Gasteiger partial charge in [-0.3, -0.25) is 4.79 Å². The number of carbonyl (C=O) groups is 1. The first-order chi connectivity index (χ1) is 11.6. The molecule has 0 radical (unpaired) electrons. The monoisotopic (exact) mass is 387 g/mol. The van der Waals surface area contributed by atoms with Gasteiger partial charge in [-0.05, 0) is 31.0 Å². The number of halogens is 3. The normalized spacial score (nSPS) is 14.4. The quantitative estimate of drug-likeness (QED) is 0.846. The molecule has 1 amide bonds. The van der Waals surface area contributed by atoms with Crippen molar-refractivity contribution in [2.75, 3.05) is 0 Å². The first-order valence-corrected chi connectivity index (χ1v) is 8.86. The Bertz CT molecular complexity index is 734. The van der Waals surface area contributed by atoms with Gasteiger partial charge < -0.3 is 10.6 Å². The Labute approximate surface area is 155 Å². The van der Waals surface area contributed by atoms with Gasteiger partial charge in [0.25, 0.3) is 5.91 Å². The van der Waals surface area contributed by atoms with Gasteiger partial charge in [-0.25, -0.2) is 13.8 Å². The van der Waals surface area contributed by atoms with Gasteiger partial charge in [0.15, 0.2) is 0 Å². The fraction of sp³-hybridized carbons (Fsp3) is 0.412. The maximum Gasteiger partial charge on any atom is 0.273 e. The molecule has 2 aromatic rings. The van der Waals surface area contributed by atoms with E-state index in [0.29, 0.717) is 10.7 Å². The summed E-state index contributed by atoms with van der Waals surface area (Å²) in [7, 11) is 0. The molecule has 1 aromatic heterocycles. The van der Waals surface area contributed by atoms with Crippen molar-refractivity contribution in [2.24, 2.45) is 5.73 Å². The van der Waals surface area contributed by atoms with Gasteiger partial charge in [0, 0.05) is 30.1 Å². The number of amides is 1. The molecule has 0 unspecified atom stereocenters. The zero-order valence-electron chi connectivity index (χ0n) is 13.6. The van der Waals surface area contributed by atoms with E-state index in [1.54, 1.807) is 10.3 Å². The molecule has 136 valence electrons. The Hall–Kier alpha value is -1.57. The number of carbonyl (C=O) groups excluding carboxylic acids is 1. The van der Waals surface area contributed by atoms with Gasteiger partial charge in [0.05, 0.1) is 0 Å². The van der Waals surface area contributed by atoms with E-state index < -0.39 is 11.6 Å². The second-order valence-corrected chi connectivity index (χ2v) is 6.88. The highest BCUT2D eigenvalue weighted by Crippen LogP contribution is 2.27. The highest BCUT2D eigenvalue weighted by molar-refractivity contribution is 7.09. The first-order valence-electron chi connectivity index (χ1n) is 7.98. The van der Waals surface area contributed by atoms with Crippen LogP contribution in [0.5, 0.6) is 0 Å². The van der Waals surface area contributed by atoms with Crippen LogP contribution >= 0.6 is 23.7 Å². The molecule has 25 heavy (non-hydrogen) atoms. The van der Waals surface area contributed by atoms with Crippen LogP contribution in [0, 0.1) is 11.6 Å². The fourth-order valence-corrected chi connectivity index (χ4v) is 3.73. The Morgan fingerprint density at radius 2 is 2.04 bits per heavy atom. The van der Waals surface area contributed by atoms with Crippen LogP contribution in [-0.2, 0) is 13.1 Å². The highest BCUT2D eigenvalue weighted by Gasteiger charge is 2.29. The summed E-state index contributed by atoms with van der Waals surface area (Å²) in [5.74, 6) is -1.26. The van der Waals surface area contributed by atoms with Crippen LogP contribution < -0.4 is 5.73 Å². The molecule has 1 fully saturated rings. The van der Waals surface area contributed by atoms with Crippen molar-refractivity contribution in [3.05, 3.63) is 51.5 Å². The van der Waals surface area contributed by atoms with Gasteiger partial charge in [0.2, 0.25) is 0 Å². The number of rotatable bonds is 5. The number of hydrogen-bond donors (Lipinski definition) is 1. The van der Waals surface area contributed by atoms with Gasteiger partial charge in [-0.15, -0.1) is 23.7 Å².